The fourth-order valence-corrected chi connectivity index (χ4v) is 1.76. The summed E-state index contributed by atoms with van der Waals surface area (Å²) < 4.78 is 12.0. The molecule has 106 valence electrons. The first-order valence-corrected chi connectivity index (χ1v) is 6.09. The monoisotopic (exact) mass is 270 g/mol. The lowest BCUT2D eigenvalue weighted by Gasteiger charge is -2.19. The van der Waals surface area contributed by atoms with Crippen molar-refractivity contribution in [3.8, 4) is 0 Å². The van der Waals surface area contributed by atoms with E-state index in [0.29, 0.717) is 18.9 Å². The first-order valence-electron chi connectivity index (χ1n) is 6.09. The van der Waals surface area contributed by atoms with Crippen LogP contribution >= 0.6 is 0 Å². The van der Waals surface area contributed by atoms with Gasteiger partial charge in [-0.15, -0.1) is 0 Å². The highest BCUT2D eigenvalue weighted by atomic mass is 16.7. The minimum Gasteiger partial charge on any atom is -0.351 e. The first kappa shape index (κ1) is 15.3. The molecule has 0 spiro atoms. The Labute approximate surface area is 110 Å². The van der Waals surface area contributed by atoms with E-state index in [9.17, 15) is 14.9 Å². The number of ether oxygens (including phenoxy) is 2. The summed E-state index contributed by atoms with van der Waals surface area (Å²) >= 11 is 0. The SMILES string of the molecule is CCOC(Cn1c(C)c([N+](=O)[O-])ccc1=O)OCC. The van der Waals surface area contributed by atoms with Crippen LogP contribution in [0.4, 0.5) is 5.69 Å². The van der Waals surface area contributed by atoms with Crippen LogP contribution in [0.3, 0.4) is 0 Å². The van der Waals surface area contributed by atoms with Crippen molar-refractivity contribution >= 4 is 5.69 Å². The molecule has 1 aromatic rings. The van der Waals surface area contributed by atoms with E-state index in [1.54, 1.807) is 0 Å². The second-order valence-electron chi connectivity index (χ2n) is 3.85. The summed E-state index contributed by atoms with van der Waals surface area (Å²) in [6.45, 7) is 6.17. The average molecular weight is 270 g/mol. The number of nitro groups is 1. The maximum Gasteiger partial charge on any atom is 0.288 e. The highest BCUT2D eigenvalue weighted by molar-refractivity contribution is 5.34. The molecule has 7 heteroatoms. The normalized spacial score (nSPS) is 10.9. The summed E-state index contributed by atoms with van der Waals surface area (Å²) in [6.07, 6.45) is -0.589. The van der Waals surface area contributed by atoms with E-state index in [0.717, 1.165) is 0 Å². The molecule has 0 fully saturated rings. The van der Waals surface area contributed by atoms with Crippen LogP contribution in [0.1, 0.15) is 19.5 Å². The fourth-order valence-electron chi connectivity index (χ4n) is 1.76. The van der Waals surface area contributed by atoms with Crippen molar-refractivity contribution in [1.82, 2.24) is 4.57 Å². The smallest absolute Gasteiger partial charge is 0.288 e. The van der Waals surface area contributed by atoms with Crippen LogP contribution < -0.4 is 5.56 Å². The van der Waals surface area contributed by atoms with Crippen LogP contribution in [-0.4, -0.2) is 29.0 Å². The third kappa shape index (κ3) is 3.87. The van der Waals surface area contributed by atoms with Crippen LogP contribution in [0.15, 0.2) is 16.9 Å². The van der Waals surface area contributed by atoms with E-state index in [-0.39, 0.29) is 17.8 Å². The Morgan fingerprint density at radius 2 is 1.89 bits per heavy atom. The van der Waals surface area contributed by atoms with E-state index in [4.69, 9.17) is 9.47 Å². The van der Waals surface area contributed by atoms with Crippen molar-refractivity contribution in [3.05, 3.63) is 38.3 Å². The molecule has 7 nitrogen and oxygen atoms in total. The predicted molar refractivity (Wildman–Crippen MR) is 69.1 cm³/mol. The van der Waals surface area contributed by atoms with E-state index in [1.807, 2.05) is 13.8 Å². The van der Waals surface area contributed by atoms with E-state index in [2.05, 4.69) is 0 Å². The molecule has 0 amide bonds. The Morgan fingerprint density at radius 3 is 2.37 bits per heavy atom. The summed E-state index contributed by atoms with van der Waals surface area (Å²) in [6, 6.07) is 2.39. The van der Waals surface area contributed by atoms with Gasteiger partial charge in [-0.05, 0) is 20.8 Å². The molecule has 0 bridgehead atoms. The van der Waals surface area contributed by atoms with Crippen molar-refractivity contribution in [1.29, 1.82) is 0 Å². The van der Waals surface area contributed by atoms with E-state index in [1.165, 1.54) is 23.6 Å². The molecule has 0 atom stereocenters. The Balaban J connectivity index is 3.08. The molecular weight excluding hydrogens is 252 g/mol. The standard InChI is InChI=1S/C12H18N2O5/c1-4-18-12(19-5-2)8-13-9(3)10(14(16)17)6-7-11(13)15/h6-7,12H,4-5,8H2,1-3H3. The lowest BCUT2D eigenvalue weighted by atomic mass is 10.3. The predicted octanol–water partition coefficient (Wildman–Crippen LogP) is 1.46. The molecule has 0 saturated heterocycles. The zero-order valence-electron chi connectivity index (χ0n) is 11.3. The Hall–Kier alpha value is -1.73. The summed E-state index contributed by atoms with van der Waals surface area (Å²) in [5.41, 5.74) is -0.110. The van der Waals surface area contributed by atoms with Crippen LogP contribution in [0.2, 0.25) is 0 Å². The van der Waals surface area contributed by atoms with Crippen molar-refractivity contribution < 1.29 is 14.4 Å². The topological polar surface area (TPSA) is 83.6 Å². The maximum atomic E-state index is 11.8. The maximum absolute atomic E-state index is 11.8. The molecule has 0 radical (unpaired) electrons. The highest BCUT2D eigenvalue weighted by Crippen LogP contribution is 2.15. The number of nitrogens with zero attached hydrogens (tertiary/aromatic N) is 2. The largest absolute Gasteiger partial charge is 0.351 e. The number of aromatic nitrogens is 1. The van der Waals surface area contributed by atoms with Gasteiger partial charge in [0.25, 0.3) is 11.2 Å². The van der Waals surface area contributed by atoms with Gasteiger partial charge in [-0.2, -0.15) is 0 Å². The quantitative estimate of drug-likeness (QED) is 0.425. The molecule has 1 aromatic heterocycles. The molecule has 1 heterocycles. The first-order chi connectivity index (χ1) is 9.01. The Bertz CT molecular complexity index is 491. The fraction of sp³-hybridized carbons (Fsp3) is 0.583. The highest BCUT2D eigenvalue weighted by Gasteiger charge is 2.18. The number of rotatable bonds is 7. The molecule has 1 rings (SSSR count). The number of hydrogen-bond acceptors (Lipinski definition) is 5. The summed E-state index contributed by atoms with van der Waals surface area (Å²) in [5.74, 6) is 0. The summed E-state index contributed by atoms with van der Waals surface area (Å²) in [4.78, 5) is 22.1. The lowest BCUT2D eigenvalue weighted by molar-refractivity contribution is -0.386. The third-order valence-electron chi connectivity index (χ3n) is 2.66. The van der Waals surface area contributed by atoms with Gasteiger partial charge in [0, 0.05) is 25.3 Å². The minimum absolute atomic E-state index is 0.0913. The molecule has 0 aliphatic heterocycles. The Kier molecular flexibility index (Phi) is 5.65. The molecule has 0 unspecified atom stereocenters. The van der Waals surface area contributed by atoms with E-state index < -0.39 is 11.2 Å². The van der Waals surface area contributed by atoms with Gasteiger partial charge in [-0.3, -0.25) is 14.9 Å². The van der Waals surface area contributed by atoms with Crippen molar-refractivity contribution in [2.24, 2.45) is 0 Å². The van der Waals surface area contributed by atoms with E-state index >= 15 is 0 Å². The van der Waals surface area contributed by atoms with Crippen LogP contribution in [0, 0.1) is 17.0 Å². The zero-order valence-corrected chi connectivity index (χ0v) is 11.3. The second-order valence-corrected chi connectivity index (χ2v) is 3.85. The van der Waals surface area contributed by atoms with Crippen LogP contribution in [-0.2, 0) is 16.0 Å². The van der Waals surface area contributed by atoms with Gasteiger partial charge in [-0.25, -0.2) is 0 Å². The van der Waals surface area contributed by atoms with Crippen LogP contribution in [0.5, 0.6) is 0 Å². The molecule has 0 N–H and O–H groups in total. The zero-order chi connectivity index (χ0) is 14.4. The van der Waals surface area contributed by atoms with Gasteiger partial charge >= 0.3 is 0 Å². The molecule has 0 aromatic carbocycles. The molecule has 0 aliphatic carbocycles. The molecule has 19 heavy (non-hydrogen) atoms. The number of hydrogen-bond donors (Lipinski definition) is 0. The molecule has 0 saturated carbocycles. The summed E-state index contributed by atoms with van der Waals surface area (Å²) in [5, 5.41) is 10.9. The van der Waals surface area contributed by atoms with Gasteiger partial charge in [0.1, 0.15) is 0 Å². The van der Waals surface area contributed by atoms with Crippen molar-refractivity contribution in [2.45, 2.75) is 33.6 Å². The summed E-state index contributed by atoms with van der Waals surface area (Å²) in [7, 11) is 0. The van der Waals surface area contributed by atoms with Gasteiger partial charge in [0.15, 0.2) is 6.29 Å². The van der Waals surface area contributed by atoms with Crippen LogP contribution in [0.25, 0.3) is 0 Å². The third-order valence-corrected chi connectivity index (χ3v) is 2.66. The lowest BCUT2D eigenvalue weighted by Crippen LogP contribution is -2.31. The van der Waals surface area contributed by atoms with Gasteiger partial charge in [0.2, 0.25) is 0 Å². The minimum atomic E-state index is -0.589. The van der Waals surface area contributed by atoms with Crippen molar-refractivity contribution in [2.75, 3.05) is 13.2 Å². The molecule has 0 aliphatic rings. The van der Waals surface area contributed by atoms with Crippen molar-refractivity contribution in [3.63, 3.8) is 0 Å². The average Bonchev–Trinajstić information content (AvgIpc) is 2.34. The Morgan fingerprint density at radius 1 is 1.32 bits per heavy atom. The van der Waals surface area contributed by atoms with Gasteiger partial charge < -0.3 is 14.0 Å². The van der Waals surface area contributed by atoms with Gasteiger partial charge in [-0.1, -0.05) is 0 Å². The molecular formula is C12H18N2O5. The number of pyridine rings is 1. The second kappa shape index (κ2) is 7.01. The van der Waals surface area contributed by atoms with Gasteiger partial charge in [0.05, 0.1) is 17.2 Å².